The van der Waals surface area contributed by atoms with Gasteiger partial charge in [-0.05, 0) is 106 Å². The minimum Gasteiger partial charge on any atom is -0.485 e. The Hall–Kier alpha value is -2.60. The van der Waals surface area contributed by atoms with Gasteiger partial charge in [0.25, 0.3) is 0 Å². The molecule has 0 spiro atoms. The SMILES string of the molecule is CCC(C)CCC(C)CC.CCCNCCC.Cc1ccc(-c2nc3c(OC4(C)CC4)cccc3n2Cc2cc(Cl)ccn2)c(Cl)c1. The number of imidazole rings is 1. The molecule has 2 heterocycles. The number of para-hydroxylation sites is 1. The molecule has 2 aromatic carbocycles. The largest absolute Gasteiger partial charge is 0.485 e. The highest BCUT2D eigenvalue weighted by molar-refractivity contribution is 6.33. The molecule has 1 saturated carbocycles. The second-order valence-electron chi connectivity index (χ2n) is 13.5. The fraction of sp³-hybridized carbons (Fsp3) is 0.550. The maximum absolute atomic E-state index is 6.63. The van der Waals surface area contributed by atoms with Crippen LogP contribution >= 0.6 is 23.2 Å². The fourth-order valence-corrected chi connectivity index (χ4v) is 5.57. The Labute approximate surface area is 294 Å². The van der Waals surface area contributed by atoms with Crippen molar-refractivity contribution in [1.82, 2.24) is 19.9 Å². The number of aromatic nitrogens is 3. The third-order valence-corrected chi connectivity index (χ3v) is 9.46. The van der Waals surface area contributed by atoms with Crippen LogP contribution < -0.4 is 10.1 Å². The molecule has 5 nitrogen and oxygen atoms in total. The lowest BCUT2D eigenvalue weighted by Gasteiger charge is -2.13. The lowest BCUT2D eigenvalue weighted by atomic mass is 9.95. The van der Waals surface area contributed by atoms with Crippen LogP contribution in [0, 0.1) is 18.8 Å². The smallest absolute Gasteiger partial charge is 0.147 e. The second-order valence-corrected chi connectivity index (χ2v) is 14.3. The number of nitrogens with zero attached hydrogens (tertiary/aromatic N) is 3. The van der Waals surface area contributed by atoms with Gasteiger partial charge in [-0.25, -0.2) is 4.98 Å². The monoisotopic (exact) mass is 680 g/mol. The summed E-state index contributed by atoms with van der Waals surface area (Å²) in [4.78, 5) is 9.48. The van der Waals surface area contributed by atoms with E-state index in [1.165, 1.54) is 51.6 Å². The zero-order valence-corrected chi connectivity index (χ0v) is 31.6. The lowest BCUT2D eigenvalue weighted by molar-refractivity contribution is 0.203. The standard InChI is InChI=1S/C24H21Cl2N3O.C10H22.C6H15N/c1-15-6-7-18(19(26)12-15)23-28-22-20(4-3-5-21(22)30-24(2)9-10-24)29(23)14-17-13-16(25)8-11-27-17;1-5-9(3)7-8-10(4)6-2;1-3-5-7-6-4-2/h3-8,11-13H,9-10,14H2,1-2H3;9-10H,5-8H2,1-4H3;7H,3-6H2,1-2H3. The molecule has 0 amide bonds. The quantitative estimate of drug-likeness (QED) is 0.135. The zero-order chi connectivity index (χ0) is 34.4. The van der Waals surface area contributed by atoms with Crippen LogP contribution in [0.5, 0.6) is 5.75 Å². The van der Waals surface area contributed by atoms with Crippen molar-refractivity contribution in [3.05, 3.63) is 76.0 Å². The summed E-state index contributed by atoms with van der Waals surface area (Å²) in [7, 11) is 0. The normalized spacial score (nSPS) is 14.4. The van der Waals surface area contributed by atoms with Crippen molar-refractivity contribution in [1.29, 1.82) is 0 Å². The number of benzene rings is 2. The predicted molar refractivity (Wildman–Crippen MR) is 203 cm³/mol. The Morgan fingerprint density at radius 3 is 2.13 bits per heavy atom. The molecule has 0 aliphatic heterocycles. The third kappa shape index (κ3) is 12.4. The van der Waals surface area contributed by atoms with Crippen LogP contribution in [-0.2, 0) is 6.54 Å². The number of pyridine rings is 1. The van der Waals surface area contributed by atoms with Crippen molar-refractivity contribution >= 4 is 34.2 Å². The molecule has 1 fully saturated rings. The molecular weight excluding hydrogens is 623 g/mol. The first-order valence-electron chi connectivity index (χ1n) is 17.8. The Balaban J connectivity index is 0.000000293. The average molecular weight is 682 g/mol. The van der Waals surface area contributed by atoms with E-state index in [4.69, 9.17) is 32.9 Å². The summed E-state index contributed by atoms with van der Waals surface area (Å²) in [5.74, 6) is 3.46. The molecule has 1 aliphatic carbocycles. The summed E-state index contributed by atoms with van der Waals surface area (Å²) >= 11 is 12.8. The van der Waals surface area contributed by atoms with Crippen LogP contribution in [0.4, 0.5) is 0 Å². The summed E-state index contributed by atoms with van der Waals surface area (Å²) in [5, 5.41) is 4.61. The van der Waals surface area contributed by atoms with E-state index in [0.29, 0.717) is 16.6 Å². The van der Waals surface area contributed by atoms with Gasteiger partial charge in [0.2, 0.25) is 0 Å². The van der Waals surface area contributed by atoms with E-state index in [2.05, 4.69) is 69.4 Å². The van der Waals surface area contributed by atoms with Crippen LogP contribution in [0.2, 0.25) is 10.0 Å². The highest BCUT2D eigenvalue weighted by atomic mass is 35.5. The van der Waals surface area contributed by atoms with E-state index in [-0.39, 0.29) is 5.60 Å². The first-order chi connectivity index (χ1) is 22.5. The Morgan fingerprint density at radius 1 is 0.915 bits per heavy atom. The van der Waals surface area contributed by atoms with Crippen LogP contribution in [0.15, 0.2) is 54.7 Å². The first-order valence-corrected chi connectivity index (χ1v) is 18.5. The Morgan fingerprint density at radius 2 is 1.57 bits per heavy atom. The maximum Gasteiger partial charge on any atom is 0.147 e. The van der Waals surface area contributed by atoms with Crippen molar-refractivity contribution in [3.8, 4) is 17.1 Å². The van der Waals surface area contributed by atoms with E-state index in [9.17, 15) is 0 Å². The van der Waals surface area contributed by atoms with Gasteiger partial charge in [0.15, 0.2) is 0 Å². The zero-order valence-electron chi connectivity index (χ0n) is 30.1. The molecule has 2 atom stereocenters. The fourth-order valence-electron chi connectivity index (χ4n) is 5.07. The van der Waals surface area contributed by atoms with Crippen molar-refractivity contribution in [2.75, 3.05) is 13.1 Å². The number of hydrogen-bond acceptors (Lipinski definition) is 4. The number of ether oxygens (including phenoxy) is 1. The van der Waals surface area contributed by atoms with Gasteiger partial charge in [-0.1, -0.05) is 103 Å². The predicted octanol–water partition coefficient (Wildman–Crippen LogP) is 11.9. The first kappa shape index (κ1) is 38.8. The second kappa shape index (κ2) is 19.4. The van der Waals surface area contributed by atoms with Crippen LogP contribution in [0.25, 0.3) is 22.4 Å². The van der Waals surface area contributed by atoms with Gasteiger partial charge in [-0.2, -0.15) is 0 Å². The van der Waals surface area contributed by atoms with Gasteiger partial charge in [-0.3, -0.25) is 4.98 Å². The molecule has 4 aromatic rings. The van der Waals surface area contributed by atoms with Crippen LogP contribution in [0.1, 0.15) is 111 Å². The molecule has 5 rings (SSSR count). The minimum atomic E-state index is -0.0890. The maximum atomic E-state index is 6.63. The number of hydrogen-bond donors (Lipinski definition) is 1. The van der Waals surface area contributed by atoms with Gasteiger partial charge in [0.05, 0.1) is 22.8 Å². The highest BCUT2D eigenvalue weighted by Crippen LogP contribution is 2.42. The molecule has 0 saturated heterocycles. The van der Waals surface area contributed by atoms with Crippen molar-refractivity contribution < 1.29 is 4.74 Å². The summed E-state index contributed by atoms with van der Waals surface area (Å²) < 4.78 is 8.43. The van der Waals surface area contributed by atoms with Crippen LogP contribution in [-0.4, -0.2) is 33.2 Å². The molecule has 2 aromatic heterocycles. The molecule has 47 heavy (non-hydrogen) atoms. The summed E-state index contributed by atoms with van der Waals surface area (Å²) in [5.41, 5.74) is 4.56. The Kier molecular flexibility index (Phi) is 16.0. The van der Waals surface area contributed by atoms with Crippen molar-refractivity contribution in [3.63, 3.8) is 0 Å². The van der Waals surface area contributed by atoms with Gasteiger partial charge >= 0.3 is 0 Å². The molecule has 7 heteroatoms. The van der Waals surface area contributed by atoms with E-state index in [1.54, 1.807) is 12.3 Å². The highest BCUT2D eigenvalue weighted by Gasteiger charge is 2.40. The van der Waals surface area contributed by atoms with E-state index < -0.39 is 0 Å². The Bertz CT molecular complexity index is 1500. The molecule has 0 radical (unpaired) electrons. The number of rotatable bonds is 14. The number of nitrogens with one attached hydrogen (secondary N) is 1. The van der Waals surface area contributed by atoms with Crippen molar-refractivity contribution in [2.45, 2.75) is 119 Å². The summed E-state index contributed by atoms with van der Waals surface area (Å²) in [6.07, 6.45) is 11.9. The minimum absolute atomic E-state index is 0.0890. The van der Waals surface area contributed by atoms with Gasteiger partial charge < -0.3 is 14.6 Å². The topological polar surface area (TPSA) is 52.0 Å². The number of halogens is 2. The van der Waals surface area contributed by atoms with Crippen molar-refractivity contribution in [2.24, 2.45) is 11.8 Å². The van der Waals surface area contributed by atoms with Gasteiger partial charge in [0.1, 0.15) is 22.7 Å². The number of fused-ring (bicyclic) bond motifs is 1. The van der Waals surface area contributed by atoms with E-state index in [1.807, 2.05) is 43.3 Å². The average Bonchev–Trinajstić information content (AvgIpc) is 3.67. The van der Waals surface area contributed by atoms with E-state index in [0.717, 1.165) is 64.1 Å². The molecule has 258 valence electrons. The van der Waals surface area contributed by atoms with Crippen LogP contribution in [0.3, 0.4) is 0 Å². The summed E-state index contributed by atoms with van der Waals surface area (Å²) in [6.45, 7) is 20.7. The van der Waals surface area contributed by atoms with E-state index >= 15 is 0 Å². The molecular formula is C40H58Cl2N4O. The number of aryl methyl sites for hydroxylation is 1. The van der Waals surface area contributed by atoms with Gasteiger partial charge in [0, 0.05) is 16.8 Å². The van der Waals surface area contributed by atoms with Gasteiger partial charge in [-0.15, -0.1) is 0 Å². The molecule has 1 N–H and O–H groups in total. The third-order valence-electron chi connectivity index (χ3n) is 8.92. The molecule has 2 unspecified atom stereocenters. The lowest BCUT2D eigenvalue weighted by Crippen LogP contribution is -2.14. The molecule has 0 bridgehead atoms. The summed E-state index contributed by atoms with van der Waals surface area (Å²) in [6, 6.07) is 15.7. The molecule has 1 aliphatic rings.